The van der Waals surface area contributed by atoms with Gasteiger partial charge in [0.25, 0.3) is 0 Å². The van der Waals surface area contributed by atoms with E-state index in [1.807, 2.05) is 12.1 Å². The Morgan fingerprint density at radius 1 is 1.11 bits per heavy atom. The van der Waals surface area contributed by atoms with Gasteiger partial charge in [0.15, 0.2) is 0 Å². The van der Waals surface area contributed by atoms with Crippen molar-refractivity contribution in [2.45, 2.75) is 50.0 Å². The second kappa shape index (κ2) is 7.83. The summed E-state index contributed by atoms with van der Waals surface area (Å²) in [6, 6.07) is 3.73. The lowest BCUT2D eigenvalue weighted by molar-refractivity contribution is -0.223. The average molecular weight is 381 g/mol. The smallest absolute Gasteiger partial charge is 0.130 e. The molecule has 1 aromatic carbocycles. The molecule has 0 bridgehead atoms. The molecule has 2 saturated heterocycles. The number of nitrogens with zero attached hydrogens (tertiary/aromatic N) is 1. The molecule has 1 aromatic rings. The molecule has 2 aliphatic heterocycles. The Morgan fingerprint density at radius 2 is 1.70 bits per heavy atom. The molecule has 27 heavy (non-hydrogen) atoms. The molecule has 3 rings (SSSR count). The molecular weight excluding hydrogens is 350 g/mol. The van der Waals surface area contributed by atoms with Gasteiger partial charge in [-0.25, -0.2) is 0 Å². The molecule has 7 nitrogen and oxygen atoms in total. The van der Waals surface area contributed by atoms with Crippen molar-refractivity contribution in [1.29, 1.82) is 0 Å². The summed E-state index contributed by atoms with van der Waals surface area (Å²) in [6.45, 7) is 4.26. The van der Waals surface area contributed by atoms with Gasteiger partial charge < -0.3 is 29.2 Å². The maximum absolute atomic E-state index is 10.5. The van der Waals surface area contributed by atoms with Crippen molar-refractivity contribution in [3.05, 3.63) is 17.7 Å². The van der Waals surface area contributed by atoms with Crippen LogP contribution in [-0.2, 0) is 11.3 Å². The Morgan fingerprint density at radius 3 is 2.19 bits per heavy atom. The van der Waals surface area contributed by atoms with Crippen LogP contribution in [0.4, 0.5) is 0 Å². The summed E-state index contributed by atoms with van der Waals surface area (Å²) in [4.78, 5) is 2.33. The largest absolute Gasteiger partial charge is 0.496 e. The van der Waals surface area contributed by atoms with Gasteiger partial charge in [-0.05, 0) is 19.8 Å². The van der Waals surface area contributed by atoms with Crippen molar-refractivity contribution in [1.82, 2.24) is 4.90 Å². The zero-order valence-corrected chi connectivity index (χ0v) is 16.7. The molecule has 0 radical (unpaired) electrons. The average Bonchev–Trinajstić information content (AvgIpc) is 2.66. The summed E-state index contributed by atoms with van der Waals surface area (Å²) in [5, 5.41) is 20.4. The SMILES string of the molecule is COc1cc(OC)c(CN2CCC3(CC2)C[C@](C)(O)[C@@H](O)CO3)c(OC)c1. The first kappa shape index (κ1) is 20.2. The van der Waals surface area contributed by atoms with Crippen molar-refractivity contribution in [3.8, 4) is 17.2 Å². The number of methoxy groups -OCH3 is 3. The van der Waals surface area contributed by atoms with Crippen molar-refractivity contribution in [2.24, 2.45) is 0 Å². The molecule has 0 amide bonds. The second-order valence-corrected chi connectivity index (χ2v) is 7.83. The molecule has 0 aliphatic carbocycles. The van der Waals surface area contributed by atoms with E-state index in [-0.39, 0.29) is 12.2 Å². The minimum Gasteiger partial charge on any atom is -0.496 e. The number of piperidine rings is 1. The maximum Gasteiger partial charge on any atom is 0.130 e. The molecular formula is C20H31NO6. The lowest BCUT2D eigenvalue weighted by atomic mass is 9.76. The van der Waals surface area contributed by atoms with Crippen LogP contribution in [0, 0.1) is 0 Å². The lowest BCUT2D eigenvalue weighted by Crippen LogP contribution is -2.59. The first-order valence-electron chi connectivity index (χ1n) is 9.38. The summed E-state index contributed by atoms with van der Waals surface area (Å²) in [5.74, 6) is 2.18. The van der Waals surface area contributed by atoms with Crippen LogP contribution < -0.4 is 14.2 Å². The van der Waals surface area contributed by atoms with Crippen molar-refractivity contribution >= 4 is 0 Å². The highest BCUT2D eigenvalue weighted by Gasteiger charge is 2.48. The predicted octanol–water partition coefficient (Wildman–Crippen LogP) is 1.58. The third-order valence-electron chi connectivity index (χ3n) is 5.91. The minimum atomic E-state index is -1.09. The molecule has 0 unspecified atom stereocenters. The third-order valence-corrected chi connectivity index (χ3v) is 5.91. The van der Waals surface area contributed by atoms with Crippen LogP contribution in [0.3, 0.4) is 0 Å². The van der Waals surface area contributed by atoms with Crippen LogP contribution in [0.2, 0.25) is 0 Å². The van der Waals surface area contributed by atoms with E-state index in [9.17, 15) is 10.2 Å². The molecule has 2 atom stereocenters. The van der Waals surface area contributed by atoms with Crippen LogP contribution in [-0.4, -0.2) is 73.4 Å². The Hall–Kier alpha value is -1.54. The van der Waals surface area contributed by atoms with Gasteiger partial charge in [0.1, 0.15) is 23.4 Å². The standard InChI is InChI=1S/C20H31NO6/c1-19(23)13-20(27-12-18(19)22)5-7-21(8-6-20)11-15-16(25-3)9-14(24-2)10-17(15)26-4/h9-10,18,22-23H,5-8,11-13H2,1-4H3/t18-,19-/m0/s1. The molecule has 2 fully saturated rings. The molecule has 1 spiro atoms. The Labute approximate surface area is 160 Å². The fourth-order valence-corrected chi connectivity index (χ4v) is 4.15. The molecule has 2 aliphatic rings. The number of hydrogen-bond donors (Lipinski definition) is 2. The quantitative estimate of drug-likeness (QED) is 0.801. The molecule has 7 heteroatoms. The van der Waals surface area contributed by atoms with Gasteiger partial charge in [-0.2, -0.15) is 0 Å². The van der Waals surface area contributed by atoms with Gasteiger partial charge in [0, 0.05) is 38.2 Å². The highest BCUT2D eigenvalue weighted by Crippen LogP contribution is 2.41. The lowest BCUT2D eigenvalue weighted by Gasteiger charge is -2.50. The summed E-state index contributed by atoms with van der Waals surface area (Å²) >= 11 is 0. The third kappa shape index (κ3) is 4.16. The summed E-state index contributed by atoms with van der Waals surface area (Å²) in [7, 11) is 4.91. The van der Waals surface area contributed by atoms with E-state index in [0.29, 0.717) is 18.7 Å². The van der Waals surface area contributed by atoms with Crippen molar-refractivity contribution in [3.63, 3.8) is 0 Å². The van der Waals surface area contributed by atoms with Crippen molar-refractivity contribution < 1.29 is 29.2 Å². The molecule has 2 N–H and O–H groups in total. The van der Waals surface area contributed by atoms with Crippen LogP contribution in [0.1, 0.15) is 31.7 Å². The number of rotatable bonds is 5. The second-order valence-electron chi connectivity index (χ2n) is 7.83. The topological polar surface area (TPSA) is 80.6 Å². The number of aliphatic hydroxyl groups excluding tert-OH is 1. The van der Waals surface area contributed by atoms with Gasteiger partial charge in [-0.3, -0.25) is 4.90 Å². The Kier molecular flexibility index (Phi) is 5.86. The van der Waals surface area contributed by atoms with Gasteiger partial charge in [-0.1, -0.05) is 0 Å². The Balaban J connectivity index is 1.69. The zero-order valence-electron chi connectivity index (χ0n) is 16.7. The first-order chi connectivity index (χ1) is 12.8. The van der Waals surface area contributed by atoms with E-state index < -0.39 is 11.7 Å². The fourth-order valence-electron chi connectivity index (χ4n) is 4.15. The molecule has 0 aromatic heterocycles. The Bertz CT molecular complexity index is 629. The number of ether oxygens (including phenoxy) is 4. The van der Waals surface area contributed by atoms with E-state index in [1.54, 1.807) is 28.3 Å². The number of likely N-dealkylation sites (tertiary alicyclic amines) is 1. The van der Waals surface area contributed by atoms with Gasteiger partial charge in [0.2, 0.25) is 0 Å². The molecule has 0 saturated carbocycles. The van der Waals surface area contributed by atoms with Crippen LogP contribution in [0.25, 0.3) is 0 Å². The maximum atomic E-state index is 10.5. The highest BCUT2D eigenvalue weighted by atomic mass is 16.5. The summed E-state index contributed by atoms with van der Waals surface area (Å²) < 4.78 is 22.4. The van der Waals surface area contributed by atoms with E-state index in [4.69, 9.17) is 18.9 Å². The number of benzene rings is 1. The fraction of sp³-hybridized carbons (Fsp3) is 0.700. The highest BCUT2D eigenvalue weighted by molar-refractivity contribution is 5.50. The summed E-state index contributed by atoms with van der Waals surface area (Å²) in [6.07, 6.45) is 1.27. The van der Waals surface area contributed by atoms with Crippen LogP contribution >= 0.6 is 0 Å². The number of aliphatic hydroxyl groups is 2. The van der Waals surface area contributed by atoms with Crippen LogP contribution in [0.15, 0.2) is 12.1 Å². The number of hydrogen-bond acceptors (Lipinski definition) is 7. The molecule has 2 heterocycles. The van der Waals surface area contributed by atoms with E-state index in [1.165, 1.54) is 0 Å². The van der Waals surface area contributed by atoms with E-state index in [0.717, 1.165) is 43.0 Å². The van der Waals surface area contributed by atoms with Gasteiger partial charge >= 0.3 is 0 Å². The van der Waals surface area contributed by atoms with Crippen molar-refractivity contribution in [2.75, 3.05) is 41.0 Å². The minimum absolute atomic E-state index is 0.188. The van der Waals surface area contributed by atoms with E-state index in [2.05, 4.69) is 4.90 Å². The first-order valence-corrected chi connectivity index (χ1v) is 9.38. The normalized spacial score (nSPS) is 28.1. The van der Waals surface area contributed by atoms with E-state index >= 15 is 0 Å². The van der Waals surface area contributed by atoms with Crippen LogP contribution in [0.5, 0.6) is 17.2 Å². The predicted molar refractivity (Wildman–Crippen MR) is 101 cm³/mol. The molecule has 152 valence electrons. The van der Waals surface area contributed by atoms with Gasteiger partial charge in [-0.15, -0.1) is 0 Å². The summed E-state index contributed by atoms with van der Waals surface area (Å²) in [5.41, 5.74) is -0.459. The monoisotopic (exact) mass is 381 g/mol. The van der Waals surface area contributed by atoms with Gasteiger partial charge in [0.05, 0.1) is 44.7 Å². The zero-order chi connectivity index (χ0) is 19.7.